The summed E-state index contributed by atoms with van der Waals surface area (Å²) < 4.78 is 12.6. The Morgan fingerprint density at radius 3 is 2.74 bits per heavy atom. The van der Waals surface area contributed by atoms with Crippen LogP contribution in [-0.2, 0) is 13.6 Å². The molecule has 0 spiro atoms. The Labute approximate surface area is 113 Å². The summed E-state index contributed by atoms with van der Waals surface area (Å²) >= 11 is 0. The third-order valence-electron chi connectivity index (χ3n) is 2.72. The summed E-state index contributed by atoms with van der Waals surface area (Å²) in [6.07, 6.45) is 1.90. The molecule has 0 amide bonds. The third kappa shape index (κ3) is 3.40. The van der Waals surface area contributed by atoms with Crippen LogP contribution in [0.5, 0.6) is 11.5 Å². The first kappa shape index (κ1) is 13.3. The van der Waals surface area contributed by atoms with Crippen molar-refractivity contribution in [1.29, 1.82) is 0 Å². The topological polar surface area (TPSA) is 48.3 Å². The second-order valence-electron chi connectivity index (χ2n) is 4.15. The van der Waals surface area contributed by atoms with Gasteiger partial charge in [-0.2, -0.15) is 5.10 Å². The van der Waals surface area contributed by atoms with E-state index in [1.807, 2.05) is 44.4 Å². The summed E-state index contributed by atoms with van der Waals surface area (Å²) in [5.41, 5.74) is 1.12. The van der Waals surface area contributed by atoms with Crippen LogP contribution in [0.4, 0.5) is 5.82 Å². The van der Waals surface area contributed by atoms with Gasteiger partial charge in [0, 0.05) is 25.9 Å². The van der Waals surface area contributed by atoms with Gasteiger partial charge >= 0.3 is 0 Å². The number of ether oxygens (including phenoxy) is 2. The first-order valence-electron chi connectivity index (χ1n) is 6.26. The van der Waals surface area contributed by atoms with Crippen LogP contribution in [0, 0.1) is 0 Å². The molecule has 1 aromatic heterocycles. The van der Waals surface area contributed by atoms with Gasteiger partial charge in [-0.25, -0.2) is 0 Å². The minimum absolute atomic E-state index is 0.627. The largest absolute Gasteiger partial charge is 0.493 e. The molecule has 5 heteroatoms. The van der Waals surface area contributed by atoms with Crippen LogP contribution in [0.25, 0.3) is 0 Å². The standard InChI is InChI=1S/C14H19N3O2/c1-4-19-12-6-5-11(9-13(12)18-3)10-15-14-7-8-17(2)16-14/h5-9H,4,10H2,1-3H3,(H,15,16). The van der Waals surface area contributed by atoms with Gasteiger partial charge in [0.05, 0.1) is 13.7 Å². The number of benzene rings is 1. The number of nitrogens with zero attached hydrogens (tertiary/aromatic N) is 2. The van der Waals surface area contributed by atoms with Gasteiger partial charge in [0.25, 0.3) is 0 Å². The van der Waals surface area contributed by atoms with E-state index in [9.17, 15) is 0 Å². The molecule has 0 unspecified atom stereocenters. The van der Waals surface area contributed by atoms with Crippen molar-refractivity contribution in [2.24, 2.45) is 7.05 Å². The molecule has 0 aliphatic carbocycles. The number of aromatic nitrogens is 2. The van der Waals surface area contributed by atoms with E-state index in [0.29, 0.717) is 13.2 Å². The van der Waals surface area contributed by atoms with Crippen LogP contribution in [0.2, 0.25) is 0 Å². The fourth-order valence-corrected chi connectivity index (χ4v) is 1.80. The van der Waals surface area contributed by atoms with Gasteiger partial charge in [-0.05, 0) is 24.6 Å². The number of anilines is 1. The number of nitrogens with one attached hydrogen (secondary N) is 1. The summed E-state index contributed by atoms with van der Waals surface area (Å²) in [4.78, 5) is 0. The highest BCUT2D eigenvalue weighted by Gasteiger charge is 2.05. The Bertz CT molecular complexity index is 537. The maximum Gasteiger partial charge on any atom is 0.161 e. The van der Waals surface area contributed by atoms with E-state index < -0.39 is 0 Å². The van der Waals surface area contributed by atoms with Crippen LogP contribution in [0.1, 0.15) is 12.5 Å². The second-order valence-corrected chi connectivity index (χ2v) is 4.15. The molecule has 0 fully saturated rings. The van der Waals surface area contributed by atoms with Gasteiger partial charge in [0.2, 0.25) is 0 Å². The van der Waals surface area contributed by atoms with Crippen molar-refractivity contribution in [3.05, 3.63) is 36.0 Å². The molecule has 2 rings (SSSR count). The van der Waals surface area contributed by atoms with Gasteiger partial charge < -0.3 is 14.8 Å². The molecular weight excluding hydrogens is 242 g/mol. The van der Waals surface area contributed by atoms with E-state index in [0.717, 1.165) is 22.9 Å². The van der Waals surface area contributed by atoms with Crippen molar-refractivity contribution in [2.75, 3.05) is 19.0 Å². The normalized spacial score (nSPS) is 10.3. The minimum Gasteiger partial charge on any atom is -0.493 e. The number of rotatable bonds is 6. The lowest BCUT2D eigenvalue weighted by atomic mass is 10.2. The molecule has 102 valence electrons. The smallest absolute Gasteiger partial charge is 0.161 e. The van der Waals surface area contributed by atoms with Gasteiger partial charge in [-0.1, -0.05) is 6.07 Å². The molecule has 0 radical (unpaired) electrons. The van der Waals surface area contributed by atoms with Crippen LogP contribution in [0.3, 0.4) is 0 Å². The lowest BCUT2D eigenvalue weighted by Crippen LogP contribution is -2.02. The van der Waals surface area contributed by atoms with Gasteiger partial charge in [-0.15, -0.1) is 0 Å². The molecule has 0 saturated carbocycles. The predicted molar refractivity (Wildman–Crippen MR) is 74.7 cm³/mol. The number of methoxy groups -OCH3 is 1. The summed E-state index contributed by atoms with van der Waals surface area (Å²) in [6, 6.07) is 7.86. The first-order valence-corrected chi connectivity index (χ1v) is 6.26. The lowest BCUT2D eigenvalue weighted by Gasteiger charge is -2.11. The monoisotopic (exact) mass is 261 g/mol. The van der Waals surface area contributed by atoms with Crippen molar-refractivity contribution >= 4 is 5.82 Å². The Hall–Kier alpha value is -2.17. The maximum atomic E-state index is 5.49. The Morgan fingerprint density at radius 1 is 1.26 bits per heavy atom. The van der Waals surface area contributed by atoms with Crippen molar-refractivity contribution in [3.8, 4) is 11.5 Å². The van der Waals surface area contributed by atoms with E-state index in [1.165, 1.54) is 0 Å². The summed E-state index contributed by atoms with van der Waals surface area (Å²) in [6.45, 7) is 3.28. The molecule has 5 nitrogen and oxygen atoms in total. The molecular formula is C14H19N3O2. The molecule has 1 N–H and O–H groups in total. The number of hydrogen-bond acceptors (Lipinski definition) is 4. The quantitative estimate of drug-likeness (QED) is 0.867. The summed E-state index contributed by atoms with van der Waals surface area (Å²) in [7, 11) is 3.54. The van der Waals surface area contributed by atoms with Gasteiger partial charge in [0.1, 0.15) is 5.82 Å². The average Bonchev–Trinajstić information content (AvgIpc) is 2.83. The van der Waals surface area contributed by atoms with Crippen LogP contribution in [-0.4, -0.2) is 23.5 Å². The van der Waals surface area contributed by atoms with Crippen LogP contribution >= 0.6 is 0 Å². The molecule has 1 heterocycles. The zero-order valence-electron chi connectivity index (χ0n) is 11.5. The fraction of sp³-hybridized carbons (Fsp3) is 0.357. The highest BCUT2D eigenvalue weighted by Crippen LogP contribution is 2.28. The zero-order valence-corrected chi connectivity index (χ0v) is 11.5. The Kier molecular flexibility index (Phi) is 4.28. The summed E-state index contributed by atoms with van der Waals surface area (Å²) in [5, 5.41) is 7.52. The van der Waals surface area contributed by atoms with Crippen LogP contribution in [0.15, 0.2) is 30.5 Å². The molecule has 2 aromatic rings. The van der Waals surface area contributed by atoms with Crippen molar-refractivity contribution in [3.63, 3.8) is 0 Å². The molecule has 0 aliphatic heterocycles. The maximum absolute atomic E-state index is 5.49. The SMILES string of the molecule is CCOc1ccc(CNc2ccn(C)n2)cc1OC. The highest BCUT2D eigenvalue weighted by atomic mass is 16.5. The number of hydrogen-bond donors (Lipinski definition) is 1. The van der Waals surface area contributed by atoms with E-state index in [-0.39, 0.29) is 0 Å². The first-order chi connectivity index (χ1) is 9.22. The summed E-state index contributed by atoms with van der Waals surface area (Å²) in [5.74, 6) is 2.38. The Balaban J connectivity index is 2.04. The fourth-order valence-electron chi connectivity index (χ4n) is 1.80. The van der Waals surface area contributed by atoms with Crippen LogP contribution < -0.4 is 14.8 Å². The van der Waals surface area contributed by atoms with E-state index in [2.05, 4.69) is 10.4 Å². The second kappa shape index (κ2) is 6.13. The van der Waals surface area contributed by atoms with E-state index in [4.69, 9.17) is 9.47 Å². The van der Waals surface area contributed by atoms with Gasteiger partial charge in [-0.3, -0.25) is 4.68 Å². The average molecular weight is 261 g/mol. The van der Waals surface area contributed by atoms with E-state index in [1.54, 1.807) is 11.8 Å². The molecule has 0 bridgehead atoms. The van der Waals surface area contributed by atoms with Crippen molar-refractivity contribution in [2.45, 2.75) is 13.5 Å². The number of aryl methyl sites for hydroxylation is 1. The molecule has 19 heavy (non-hydrogen) atoms. The molecule has 0 atom stereocenters. The predicted octanol–water partition coefficient (Wildman–Crippen LogP) is 2.44. The highest BCUT2D eigenvalue weighted by molar-refractivity contribution is 5.44. The Morgan fingerprint density at radius 2 is 2.11 bits per heavy atom. The third-order valence-corrected chi connectivity index (χ3v) is 2.72. The molecule has 1 aromatic carbocycles. The molecule has 0 aliphatic rings. The van der Waals surface area contributed by atoms with E-state index >= 15 is 0 Å². The van der Waals surface area contributed by atoms with Crippen molar-refractivity contribution < 1.29 is 9.47 Å². The van der Waals surface area contributed by atoms with Gasteiger partial charge in [0.15, 0.2) is 11.5 Å². The van der Waals surface area contributed by atoms with Crippen molar-refractivity contribution in [1.82, 2.24) is 9.78 Å². The minimum atomic E-state index is 0.627. The molecule has 0 saturated heterocycles. The lowest BCUT2D eigenvalue weighted by molar-refractivity contribution is 0.310. The zero-order chi connectivity index (χ0) is 13.7.